The van der Waals surface area contributed by atoms with E-state index in [1.54, 1.807) is 7.11 Å². The van der Waals surface area contributed by atoms with Crippen LogP contribution < -0.4 is 5.32 Å². The monoisotopic (exact) mass is 415 g/mol. The van der Waals surface area contributed by atoms with E-state index in [1.807, 2.05) is 9.80 Å². The van der Waals surface area contributed by atoms with Gasteiger partial charge in [0.2, 0.25) is 5.91 Å². The van der Waals surface area contributed by atoms with Crippen LogP contribution >= 0.6 is 0 Å². The van der Waals surface area contributed by atoms with Gasteiger partial charge in [-0.2, -0.15) is 0 Å². The van der Waals surface area contributed by atoms with Crippen LogP contribution in [-0.2, 0) is 14.3 Å². The number of ether oxygens (including phenoxy) is 2. The number of hydrogen-bond donors (Lipinski definition) is 1. The van der Waals surface area contributed by atoms with Gasteiger partial charge in [0.05, 0.1) is 12.1 Å². The van der Waals surface area contributed by atoms with Gasteiger partial charge in [0.1, 0.15) is 6.61 Å². The molecule has 0 aliphatic carbocycles. The van der Waals surface area contributed by atoms with Crippen molar-refractivity contribution in [1.29, 1.82) is 0 Å². The van der Waals surface area contributed by atoms with Crippen LogP contribution in [0.25, 0.3) is 0 Å². The quantitative estimate of drug-likeness (QED) is 0.801. The molecule has 0 saturated carbocycles. The van der Waals surface area contributed by atoms with Gasteiger partial charge in [0, 0.05) is 39.9 Å². The highest BCUT2D eigenvalue weighted by molar-refractivity contribution is 5.79. The Morgan fingerprint density at radius 2 is 1.90 bits per heavy atom. The Morgan fingerprint density at radius 1 is 1.17 bits per heavy atom. The Hall–Kier alpha value is -2.12. The average Bonchev–Trinajstić information content (AvgIpc) is 2.79. The van der Waals surface area contributed by atoms with Crippen molar-refractivity contribution >= 4 is 11.9 Å². The lowest BCUT2D eigenvalue weighted by Crippen LogP contribution is -2.62. The SMILES string of the molecule is COCCC(c1ccccc1)C1CCN(C(=O)N2CC[C@@H]3OCC(=O)N[C@@H]3C2)CC1. The number of rotatable bonds is 5. The van der Waals surface area contributed by atoms with E-state index in [0.29, 0.717) is 24.9 Å². The first-order chi connectivity index (χ1) is 14.7. The van der Waals surface area contributed by atoms with Gasteiger partial charge in [-0.05, 0) is 43.1 Å². The summed E-state index contributed by atoms with van der Waals surface area (Å²) in [5.41, 5.74) is 1.37. The molecule has 0 aromatic heterocycles. The molecule has 3 amide bonds. The molecule has 1 N–H and O–H groups in total. The van der Waals surface area contributed by atoms with E-state index in [1.165, 1.54) is 5.56 Å². The number of hydrogen-bond acceptors (Lipinski definition) is 4. The molecule has 7 heteroatoms. The number of urea groups is 1. The number of amides is 3. The van der Waals surface area contributed by atoms with E-state index in [-0.39, 0.29) is 30.7 Å². The molecular weight excluding hydrogens is 382 g/mol. The number of morpholine rings is 1. The Labute approximate surface area is 178 Å². The Kier molecular flexibility index (Phi) is 6.89. The van der Waals surface area contributed by atoms with Crippen LogP contribution in [0, 0.1) is 5.92 Å². The summed E-state index contributed by atoms with van der Waals surface area (Å²) in [6.45, 7) is 3.68. The minimum atomic E-state index is -0.0885. The van der Waals surface area contributed by atoms with Crippen LogP contribution in [-0.4, -0.2) is 80.4 Å². The molecule has 1 aromatic rings. The van der Waals surface area contributed by atoms with E-state index in [4.69, 9.17) is 9.47 Å². The smallest absolute Gasteiger partial charge is 0.320 e. The van der Waals surface area contributed by atoms with E-state index in [2.05, 4.69) is 35.6 Å². The molecule has 3 aliphatic rings. The number of likely N-dealkylation sites (tertiary alicyclic amines) is 2. The maximum absolute atomic E-state index is 13.1. The topological polar surface area (TPSA) is 71.1 Å². The van der Waals surface area contributed by atoms with E-state index in [0.717, 1.165) is 45.4 Å². The molecule has 30 heavy (non-hydrogen) atoms. The number of methoxy groups -OCH3 is 1. The zero-order chi connectivity index (χ0) is 20.9. The number of fused-ring (bicyclic) bond motifs is 1. The molecule has 1 aromatic carbocycles. The van der Waals surface area contributed by atoms with Crippen molar-refractivity contribution in [2.24, 2.45) is 5.92 Å². The lowest BCUT2D eigenvalue weighted by atomic mass is 9.78. The van der Waals surface area contributed by atoms with E-state index < -0.39 is 0 Å². The standard InChI is InChI=1S/C23H33N3O4/c1-29-14-10-19(17-5-3-2-4-6-17)18-7-11-25(12-8-18)23(28)26-13-9-21-20(15-26)24-22(27)16-30-21/h2-6,18-21H,7-16H2,1H3,(H,24,27)/t19?,20-,21+/m1/s1. The molecular formula is C23H33N3O4. The van der Waals surface area contributed by atoms with Gasteiger partial charge in [0.25, 0.3) is 0 Å². The normalized spacial score (nSPS) is 26.1. The van der Waals surface area contributed by atoms with Gasteiger partial charge in [-0.1, -0.05) is 30.3 Å². The number of carbonyl (C=O) groups is 2. The lowest BCUT2D eigenvalue weighted by molar-refractivity contribution is -0.139. The molecule has 164 valence electrons. The highest BCUT2D eigenvalue weighted by atomic mass is 16.5. The van der Waals surface area contributed by atoms with Crippen molar-refractivity contribution in [3.05, 3.63) is 35.9 Å². The Bertz CT molecular complexity index is 720. The molecule has 3 fully saturated rings. The maximum Gasteiger partial charge on any atom is 0.320 e. The summed E-state index contributed by atoms with van der Waals surface area (Å²) in [5.74, 6) is 0.937. The molecule has 3 aliphatic heterocycles. The fraction of sp³-hybridized carbons (Fsp3) is 0.652. The van der Waals surface area contributed by atoms with Crippen LogP contribution in [0.1, 0.15) is 37.2 Å². The maximum atomic E-state index is 13.1. The molecule has 3 heterocycles. The fourth-order valence-electron chi connectivity index (χ4n) is 5.19. The lowest BCUT2D eigenvalue weighted by Gasteiger charge is -2.44. The van der Waals surface area contributed by atoms with Crippen LogP contribution in [0.4, 0.5) is 4.79 Å². The number of benzene rings is 1. The first-order valence-electron chi connectivity index (χ1n) is 11.1. The second-order valence-corrected chi connectivity index (χ2v) is 8.66. The number of carbonyl (C=O) groups excluding carboxylic acids is 2. The predicted molar refractivity (Wildman–Crippen MR) is 113 cm³/mol. The summed E-state index contributed by atoms with van der Waals surface area (Å²) in [4.78, 5) is 28.6. The Morgan fingerprint density at radius 3 is 2.63 bits per heavy atom. The van der Waals surface area contributed by atoms with E-state index >= 15 is 0 Å². The molecule has 0 radical (unpaired) electrons. The second kappa shape index (κ2) is 9.79. The molecule has 1 unspecified atom stereocenters. The van der Waals surface area contributed by atoms with Crippen molar-refractivity contribution < 1.29 is 19.1 Å². The molecule has 7 nitrogen and oxygen atoms in total. The highest BCUT2D eigenvalue weighted by Gasteiger charge is 2.38. The van der Waals surface area contributed by atoms with Crippen molar-refractivity contribution in [2.45, 2.75) is 43.7 Å². The zero-order valence-corrected chi connectivity index (χ0v) is 17.8. The number of nitrogens with one attached hydrogen (secondary N) is 1. The van der Waals surface area contributed by atoms with Gasteiger partial charge in [-0.15, -0.1) is 0 Å². The van der Waals surface area contributed by atoms with E-state index in [9.17, 15) is 9.59 Å². The summed E-state index contributed by atoms with van der Waals surface area (Å²) in [7, 11) is 1.76. The minimum absolute atomic E-state index is 0.0323. The Balaban J connectivity index is 1.33. The molecule has 0 bridgehead atoms. The molecule has 0 spiro atoms. The van der Waals surface area contributed by atoms with Crippen LogP contribution in [0.2, 0.25) is 0 Å². The molecule has 4 rings (SSSR count). The van der Waals surface area contributed by atoms with Gasteiger partial charge in [-0.3, -0.25) is 4.79 Å². The summed E-state index contributed by atoms with van der Waals surface area (Å²) in [6, 6.07) is 10.7. The van der Waals surface area contributed by atoms with Crippen molar-refractivity contribution in [3.8, 4) is 0 Å². The van der Waals surface area contributed by atoms with Gasteiger partial charge >= 0.3 is 6.03 Å². The van der Waals surface area contributed by atoms with Crippen LogP contribution in [0.15, 0.2) is 30.3 Å². The average molecular weight is 416 g/mol. The summed E-state index contributed by atoms with van der Waals surface area (Å²) >= 11 is 0. The zero-order valence-electron chi connectivity index (χ0n) is 17.8. The second-order valence-electron chi connectivity index (χ2n) is 8.66. The first kappa shape index (κ1) is 21.1. The van der Waals surface area contributed by atoms with Crippen molar-refractivity contribution in [3.63, 3.8) is 0 Å². The largest absolute Gasteiger partial charge is 0.385 e. The number of piperidine rings is 2. The molecule has 3 atom stereocenters. The van der Waals surface area contributed by atoms with Crippen LogP contribution in [0.3, 0.4) is 0 Å². The number of nitrogens with zero attached hydrogens (tertiary/aromatic N) is 2. The third-order valence-corrected chi connectivity index (χ3v) is 6.83. The summed E-state index contributed by atoms with van der Waals surface area (Å²) < 4.78 is 11.0. The van der Waals surface area contributed by atoms with Gasteiger partial charge in [0.15, 0.2) is 0 Å². The summed E-state index contributed by atoms with van der Waals surface area (Å²) in [5, 5.41) is 2.98. The predicted octanol–water partition coefficient (Wildman–Crippen LogP) is 2.23. The third-order valence-electron chi connectivity index (χ3n) is 6.83. The fourth-order valence-corrected chi connectivity index (χ4v) is 5.19. The third kappa shape index (κ3) is 4.78. The van der Waals surface area contributed by atoms with Crippen molar-refractivity contribution in [1.82, 2.24) is 15.1 Å². The van der Waals surface area contributed by atoms with Gasteiger partial charge in [-0.25, -0.2) is 4.79 Å². The van der Waals surface area contributed by atoms with Crippen molar-refractivity contribution in [2.75, 3.05) is 46.5 Å². The minimum Gasteiger partial charge on any atom is -0.385 e. The van der Waals surface area contributed by atoms with Crippen LogP contribution in [0.5, 0.6) is 0 Å². The highest BCUT2D eigenvalue weighted by Crippen LogP contribution is 2.35. The van der Waals surface area contributed by atoms with Gasteiger partial charge < -0.3 is 24.6 Å². The molecule has 3 saturated heterocycles. The summed E-state index contributed by atoms with van der Waals surface area (Å²) in [6.07, 6.45) is 3.84. The first-order valence-corrected chi connectivity index (χ1v) is 11.1.